The van der Waals surface area contributed by atoms with Gasteiger partial charge in [-0.25, -0.2) is 0 Å². The zero-order valence-corrected chi connectivity index (χ0v) is 8.28. The van der Waals surface area contributed by atoms with Crippen molar-refractivity contribution < 1.29 is 18.9 Å². The summed E-state index contributed by atoms with van der Waals surface area (Å²) >= 11 is 0. The Morgan fingerprint density at radius 2 is 2.31 bits per heavy atom. The minimum Gasteiger partial charge on any atom is -0.381 e. The van der Waals surface area contributed by atoms with Crippen molar-refractivity contribution in [2.24, 2.45) is 0 Å². The first-order valence-electron chi connectivity index (χ1n) is 4.54. The number of hydrogen-bond acceptors (Lipinski definition) is 4. The lowest BCUT2D eigenvalue weighted by Gasteiger charge is -2.29. The van der Waals surface area contributed by atoms with Crippen LogP contribution in [0.1, 0.15) is 0 Å². The average Bonchev–Trinajstić information content (AvgIpc) is 2.55. The van der Waals surface area contributed by atoms with E-state index < -0.39 is 0 Å². The van der Waals surface area contributed by atoms with Crippen molar-refractivity contribution in [3.05, 3.63) is 0 Å². The molecular weight excluding hydrogens is 171 g/mol. The van der Waals surface area contributed by atoms with Crippen molar-refractivity contribution in [2.45, 2.75) is 23.8 Å². The normalized spacial score (nSPS) is 48.6. The summed E-state index contributed by atoms with van der Waals surface area (Å²) in [5.74, 6) is 0. The van der Waals surface area contributed by atoms with Gasteiger partial charge in [-0.2, -0.15) is 0 Å². The Morgan fingerprint density at radius 3 is 2.85 bits per heavy atom. The van der Waals surface area contributed by atoms with E-state index in [0.29, 0.717) is 13.2 Å². The summed E-state index contributed by atoms with van der Waals surface area (Å²) in [5, 5.41) is 0. The maximum absolute atomic E-state index is 5.82. The standard InChI is InChI=1S/C8H15BO4/c1-10-3-8-4-12-5(6(8)11-2)7(9)13-8/h5-7H,3-4,9H2,1-2H3/t5-,6?,7-,8+/m0/s1. The number of fused-ring (bicyclic) bond motifs is 2. The zero-order chi connectivity index (χ0) is 9.47. The molecule has 2 bridgehead atoms. The Hall–Kier alpha value is -0.0951. The van der Waals surface area contributed by atoms with E-state index in [0.717, 1.165) is 0 Å². The van der Waals surface area contributed by atoms with E-state index in [1.165, 1.54) is 0 Å². The van der Waals surface area contributed by atoms with Crippen LogP contribution in [-0.2, 0) is 18.9 Å². The van der Waals surface area contributed by atoms with Crippen molar-refractivity contribution in [2.75, 3.05) is 27.4 Å². The summed E-state index contributed by atoms with van der Waals surface area (Å²) < 4.78 is 21.9. The molecule has 2 fully saturated rings. The predicted octanol–water partition coefficient (Wildman–Crippen LogP) is -1.23. The number of hydrogen-bond donors (Lipinski definition) is 0. The van der Waals surface area contributed by atoms with Gasteiger partial charge in [0.2, 0.25) is 0 Å². The van der Waals surface area contributed by atoms with Crippen LogP contribution in [0.2, 0.25) is 0 Å². The molecule has 4 atom stereocenters. The average molecular weight is 186 g/mol. The fraction of sp³-hybridized carbons (Fsp3) is 1.00. The van der Waals surface area contributed by atoms with Crippen molar-refractivity contribution in [1.29, 1.82) is 0 Å². The second-order valence-corrected chi connectivity index (χ2v) is 3.75. The summed E-state index contributed by atoms with van der Waals surface area (Å²) in [4.78, 5) is 0. The lowest BCUT2D eigenvalue weighted by atomic mass is 9.92. The minimum atomic E-state index is -0.367. The highest BCUT2D eigenvalue weighted by molar-refractivity contribution is 6.11. The summed E-state index contributed by atoms with van der Waals surface area (Å²) in [6.45, 7) is 1.11. The third-order valence-corrected chi connectivity index (χ3v) is 2.86. The van der Waals surface area contributed by atoms with Crippen molar-refractivity contribution in [3.8, 4) is 0 Å². The van der Waals surface area contributed by atoms with Gasteiger partial charge in [-0.1, -0.05) is 0 Å². The quantitative estimate of drug-likeness (QED) is 0.517. The van der Waals surface area contributed by atoms with E-state index in [4.69, 9.17) is 18.9 Å². The number of ether oxygens (including phenoxy) is 4. The molecule has 0 saturated carbocycles. The van der Waals surface area contributed by atoms with E-state index in [2.05, 4.69) is 0 Å². The van der Waals surface area contributed by atoms with E-state index in [9.17, 15) is 0 Å². The molecule has 0 N–H and O–H groups in total. The molecule has 5 heteroatoms. The second kappa shape index (κ2) is 3.24. The first-order chi connectivity index (χ1) is 6.23. The Morgan fingerprint density at radius 1 is 1.54 bits per heavy atom. The Balaban J connectivity index is 2.17. The molecule has 2 aliphatic heterocycles. The lowest BCUT2D eigenvalue weighted by molar-refractivity contribution is -0.144. The highest BCUT2D eigenvalue weighted by Gasteiger charge is 2.60. The molecule has 1 unspecified atom stereocenters. The smallest absolute Gasteiger partial charge is 0.143 e. The van der Waals surface area contributed by atoms with Crippen LogP contribution in [0, 0.1) is 0 Å². The molecule has 2 heterocycles. The molecule has 0 aromatic carbocycles. The van der Waals surface area contributed by atoms with Crippen LogP contribution in [-0.4, -0.2) is 59.1 Å². The predicted molar refractivity (Wildman–Crippen MR) is 48.6 cm³/mol. The first-order valence-corrected chi connectivity index (χ1v) is 4.54. The summed E-state index contributed by atoms with van der Waals surface area (Å²) in [5.41, 5.74) is -0.367. The van der Waals surface area contributed by atoms with Crippen LogP contribution in [0.15, 0.2) is 0 Å². The van der Waals surface area contributed by atoms with Gasteiger partial charge >= 0.3 is 0 Å². The molecule has 4 nitrogen and oxygen atoms in total. The number of rotatable bonds is 3. The van der Waals surface area contributed by atoms with Crippen molar-refractivity contribution in [1.82, 2.24) is 0 Å². The van der Waals surface area contributed by atoms with E-state index in [1.807, 2.05) is 7.85 Å². The topological polar surface area (TPSA) is 36.9 Å². The molecule has 0 aliphatic carbocycles. The van der Waals surface area contributed by atoms with Crippen LogP contribution in [0.25, 0.3) is 0 Å². The minimum absolute atomic E-state index is 0.0162. The molecule has 13 heavy (non-hydrogen) atoms. The van der Waals surface area contributed by atoms with E-state index in [-0.39, 0.29) is 23.8 Å². The van der Waals surface area contributed by atoms with Gasteiger partial charge < -0.3 is 18.9 Å². The Labute approximate surface area is 78.9 Å². The largest absolute Gasteiger partial charge is 0.381 e. The van der Waals surface area contributed by atoms with Crippen molar-refractivity contribution >= 4 is 7.85 Å². The SMILES string of the molecule is B[C@H]1O[C@]2(COC)CO[C@H]1C2OC. The zero-order valence-electron chi connectivity index (χ0n) is 8.28. The van der Waals surface area contributed by atoms with Gasteiger partial charge in [-0.05, 0) is 0 Å². The number of methoxy groups -OCH3 is 2. The molecular formula is C8H15BO4. The molecule has 0 aromatic heterocycles. The van der Waals surface area contributed by atoms with E-state index in [1.54, 1.807) is 14.2 Å². The summed E-state index contributed by atoms with van der Waals surface area (Å²) in [6, 6.07) is 0.105. The van der Waals surface area contributed by atoms with Crippen LogP contribution < -0.4 is 0 Å². The second-order valence-electron chi connectivity index (χ2n) is 3.75. The fourth-order valence-electron chi connectivity index (χ4n) is 2.38. The van der Waals surface area contributed by atoms with Crippen LogP contribution in [0.5, 0.6) is 0 Å². The maximum atomic E-state index is 5.82. The van der Waals surface area contributed by atoms with Gasteiger partial charge in [0.1, 0.15) is 25.7 Å². The highest BCUT2D eigenvalue weighted by atomic mass is 16.7. The van der Waals surface area contributed by atoms with Crippen molar-refractivity contribution in [3.63, 3.8) is 0 Å². The first kappa shape index (κ1) is 9.46. The molecule has 0 amide bonds. The molecule has 2 rings (SSSR count). The maximum Gasteiger partial charge on any atom is 0.143 e. The van der Waals surface area contributed by atoms with Gasteiger partial charge in [-0.15, -0.1) is 0 Å². The van der Waals surface area contributed by atoms with Gasteiger partial charge in [0.25, 0.3) is 0 Å². The fourth-order valence-corrected chi connectivity index (χ4v) is 2.38. The van der Waals surface area contributed by atoms with Gasteiger partial charge in [0, 0.05) is 14.2 Å². The van der Waals surface area contributed by atoms with Gasteiger partial charge in [0.05, 0.1) is 19.2 Å². The molecule has 74 valence electrons. The van der Waals surface area contributed by atoms with E-state index >= 15 is 0 Å². The molecule has 0 spiro atoms. The molecule has 2 saturated heterocycles. The van der Waals surface area contributed by atoms with Gasteiger partial charge in [-0.3, -0.25) is 0 Å². The monoisotopic (exact) mass is 186 g/mol. The highest BCUT2D eigenvalue weighted by Crippen LogP contribution is 2.40. The Bertz CT molecular complexity index is 201. The molecule has 2 aliphatic rings. The van der Waals surface area contributed by atoms with Crippen LogP contribution in [0.4, 0.5) is 0 Å². The van der Waals surface area contributed by atoms with Crippen LogP contribution >= 0.6 is 0 Å². The summed E-state index contributed by atoms with van der Waals surface area (Å²) in [6.07, 6.45) is 0.0857. The van der Waals surface area contributed by atoms with Crippen LogP contribution in [0.3, 0.4) is 0 Å². The third-order valence-electron chi connectivity index (χ3n) is 2.86. The molecule has 0 aromatic rings. The third kappa shape index (κ3) is 1.22. The van der Waals surface area contributed by atoms with Gasteiger partial charge in [0.15, 0.2) is 0 Å². The molecule has 0 radical (unpaired) electrons. The lowest BCUT2D eigenvalue weighted by Crippen LogP contribution is -2.45. The Kier molecular flexibility index (Phi) is 2.36. The summed E-state index contributed by atoms with van der Waals surface area (Å²) in [7, 11) is 5.37.